The molecule has 0 radical (unpaired) electrons. The summed E-state index contributed by atoms with van der Waals surface area (Å²) in [6, 6.07) is 16.1. The molecule has 0 spiro atoms. The van der Waals surface area contributed by atoms with Crippen molar-refractivity contribution in [2.24, 2.45) is 0 Å². The van der Waals surface area contributed by atoms with Gasteiger partial charge in [-0.05, 0) is 35.7 Å². The molecule has 3 rings (SSSR count). The van der Waals surface area contributed by atoms with Crippen molar-refractivity contribution < 1.29 is 9.47 Å². The summed E-state index contributed by atoms with van der Waals surface area (Å²) < 4.78 is 11.6. The summed E-state index contributed by atoms with van der Waals surface area (Å²) in [4.78, 5) is 8.45. The van der Waals surface area contributed by atoms with E-state index in [2.05, 4.69) is 35.9 Å². The van der Waals surface area contributed by atoms with Crippen molar-refractivity contribution in [2.45, 2.75) is 26.2 Å². The van der Waals surface area contributed by atoms with E-state index in [4.69, 9.17) is 9.47 Å². The maximum atomic E-state index is 5.81. The van der Waals surface area contributed by atoms with Crippen LogP contribution in [0.2, 0.25) is 0 Å². The molecule has 0 bridgehead atoms. The molecule has 0 aliphatic carbocycles. The highest BCUT2D eigenvalue weighted by Gasteiger charge is 2.04. The summed E-state index contributed by atoms with van der Waals surface area (Å²) in [7, 11) is 0. The first-order chi connectivity index (χ1) is 11.7. The maximum Gasteiger partial charge on any atom is 0.224 e. The molecule has 0 saturated carbocycles. The quantitative estimate of drug-likeness (QED) is 0.596. The maximum absolute atomic E-state index is 5.81. The third kappa shape index (κ3) is 4.02. The standard InChI is InChI=1S/C20H22N2O2/c1-15(2)16-7-5-8-17(13-16)23-11-6-12-24-20-18-9-3-4-10-19(18)21-14-22-20/h3-5,7-10,13-15H,6,11-12H2,1-2H3. The highest BCUT2D eigenvalue weighted by Crippen LogP contribution is 2.21. The topological polar surface area (TPSA) is 44.2 Å². The van der Waals surface area contributed by atoms with Gasteiger partial charge in [0.25, 0.3) is 0 Å². The summed E-state index contributed by atoms with van der Waals surface area (Å²) in [6.07, 6.45) is 2.33. The van der Waals surface area contributed by atoms with Crippen molar-refractivity contribution in [3.05, 3.63) is 60.4 Å². The molecule has 4 heteroatoms. The molecule has 124 valence electrons. The lowest BCUT2D eigenvalue weighted by atomic mass is 10.0. The fraction of sp³-hybridized carbons (Fsp3) is 0.300. The molecule has 0 aliphatic heterocycles. The second-order valence-electron chi connectivity index (χ2n) is 5.97. The highest BCUT2D eigenvalue weighted by molar-refractivity contribution is 5.82. The Bertz CT molecular complexity index is 797. The molecule has 0 amide bonds. The van der Waals surface area contributed by atoms with Gasteiger partial charge in [0.2, 0.25) is 5.88 Å². The minimum absolute atomic E-state index is 0.503. The van der Waals surface area contributed by atoms with Gasteiger partial charge < -0.3 is 9.47 Å². The van der Waals surface area contributed by atoms with Gasteiger partial charge in [-0.15, -0.1) is 0 Å². The van der Waals surface area contributed by atoms with E-state index < -0.39 is 0 Å². The van der Waals surface area contributed by atoms with Gasteiger partial charge in [-0.2, -0.15) is 0 Å². The van der Waals surface area contributed by atoms with Gasteiger partial charge in [0, 0.05) is 6.42 Å². The summed E-state index contributed by atoms with van der Waals surface area (Å²) in [5.41, 5.74) is 2.18. The summed E-state index contributed by atoms with van der Waals surface area (Å²) in [6.45, 7) is 5.54. The molecule has 0 N–H and O–H groups in total. The van der Waals surface area contributed by atoms with E-state index in [1.165, 1.54) is 11.9 Å². The Hall–Kier alpha value is -2.62. The number of nitrogens with zero attached hydrogens (tertiary/aromatic N) is 2. The fourth-order valence-corrected chi connectivity index (χ4v) is 2.48. The molecule has 0 saturated heterocycles. The van der Waals surface area contributed by atoms with Crippen LogP contribution < -0.4 is 9.47 Å². The Balaban J connectivity index is 1.49. The minimum Gasteiger partial charge on any atom is -0.493 e. The molecule has 0 aliphatic rings. The lowest BCUT2D eigenvalue weighted by Crippen LogP contribution is -2.06. The Kier molecular flexibility index (Phi) is 5.26. The minimum atomic E-state index is 0.503. The molecule has 24 heavy (non-hydrogen) atoms. The second kappa shape index (κ2) is 7.77. The van der Waals surface area contributed by atoms with Crippen molar-refractivity contribution in [2.75, 3.05) is 13.2 Å². The monoisotopic (exact) mass is 322 g/mol. The molecule has 0 atom stereocenters. The second-order valence-corrected chi connectivity index (χ2v) is 5.97. The van der Waals surface area contributed by atoms with E-state index in [1.807, 2.05) is 36.4 Å². The van der Waals surface area contributed by atoms with Crippen LogP contribution in [-0.4, -0.2) is 23.2 Å². The van der Waals surface area contributed by atoms with Crippen LogP contribution in [-0.2, 0) is 0 Å². The van der Waals surface area contributed by atoms with Gasteiger partial charge in [0.1, 0.15) is 12.1 Å². The van der Waals surface area contributed by atoms with E-state index in [0.29, 0.717) is 25.0 Å². The largest absolute Gasteiger partial charge is 0.493 e. The normalized spacial score (nSPS) is 11.0. The van der Waals surface area contributed by atoms with Crippen LogP contribution in [0, 0.1) is 0 Å². The molecule has 2 aromatic carbocycles. The van der Waals surface area contributed by atoms with E-state index in [0.717, 1.165) is 23.1 Å². The first kappa shape index (κ1) is 16.2. The molecule has 0 fully saturated rings. The van der Waals surface area contributed by atoms with Crippen LogP contribution >= 0.6 is 0 Å². The number of hydrogen-bond donors (Lipinski definition) is 0. The van der Waals surface area contributed by atoms with E-state index in [-0.39, 0.29) is 0 Å². The third-order valence-electron chi connectivity index (χ3n) is 3.83. The SMILES string of the molecule is CC(C)c1cccc(OCCCOc2ncnc3ccccc23)c1. The molecule has 4 nitrogen and oxygen atoms in total. The van der Waals surface area contributed by atoms with Gasteiger partial charge in [0.15, 0.2) is 0 Å². The number of fused-ring (bicyclic) bond motifs is 1. The van der Waals surface area contributed by atoms with Crippen LogP contribution in [0.1, 0.15) is 31.7 Å². The molecular weight excluding hydrogens is 300 g/mol. The third-order valence-corrected chi connectivity index (χ3v) is 3.83. The number of ether oxygens (including phenoxy) is 2. The van der Waals surface area contributed by atoms with Crippen LogP contribution in [0.5, 0.6) is 11.6 Å². The first-order valence-corrected chi connectivity index (χ1v) is 8.29. The smallest absolute Gasteiger partial charge is 0.224 e. The zero-order chi connectivity index (χ0) is 16.8. The van der Waals surface area contributed by atoms with Crippen molar-refractivity contribution in [1.82, 2.24) is 9.97 Å². The van der Waals surface area contributed by atoms with Crippen LogP contribution in [0.3, 0.4) is 0 Å². The van der Waals surface area contributed by atoms with E-state index >= 15 is 0 Å². The first-order valence-electron chi connectivity index (χ1n) is 8.29. The van der Waals surface area contributed by atoms with E-state index in [9.17, 15) is 0 Å². The Labute approximate surface area is 142 Å². The zero-order valence-corrected chi connectivity index (χ0v) is 14.1. The Morgan fingerprint density at radius 1 is 0.917 bits per heavy atom. The fourth-order valence-electron chi connectivity index (χ4n) is 2.48. The Morgan fingerprint density at radius 2 is 1.75 bits per heavy atom. The zero-order valence-electron chi connectivity index (χ0n) is 14.1. The molecule has 1 aromatic heterocycles. The number of aromatic nitrogens is 2. The van der Waals surface area contributed by atoms with Gasteiger partial charge >= 0.3 is 0 Å². The average Bonchev–Trinajstić information content (AvgIpc) is 2.62. The van der Waals surface area contributed by atoms with Gasteiger partial charge in [0.05, 0.1) is 24.1 Å². The molecule has 3 aromatic rings. The van der Waals surface area contributed by atoms with Crippen molar-refractivity contribution in [3.63, 3.8) is 0 Å². The Morgan fingerprint density at radius 3 is 2.62 bits per heavy atom. The van der Waals surface area contributed by atoms with Gasteiger partial charge in [-0.25, -0.2) is 9.97 Å². The number of hydrogen-bond acceptors (Lipinski definition) is 4. The van der Waals surface area contributed by atoms with Crippen molar-refractivity contribution in [1.29, 1.82) is 0 Å². The lowest BCUT2D eigenvalue weighted by Gasteiger charge is -2.11. The van der Waals surface area contributed by atoms with Crippen LogP contribution in [0.25, 0.3) is 10.9 Å². The molecule has 0 unspecified atom stereocenters. The number of benzene rings is 2. The number of para-hydroxylation sites is 1. The van der Waals surface area contributed by atoms with Crippen LogP contribution in [0.4, 0.5) is 0 Å². The summed E-state index contributed by atoms with van der Waals surface area (Å²) >= 11 is 0. The summed E-state index contributed by atoms with van der Waals surface area (Å²) in [5, 5.41) is 0.936. The summed E-state index contributed by atoms with van der Waals surface area (Å²) in [5.74, 6) is 2.04. The van der Waals surface area contributed by atoms with Gasteiger partial charge in [-0.1, -0.05) is 38.1 Å². The molecule has 1 heterocycles. The highest BCUT2D eigenvalue weighted by atomic mass is 16.5. The van der Waals surface area contributed by atoms with Gasteiger partial charge in [-0.3, -0.25) is 0 Å². The molecular formula is C20H22N2O2. The average molecular weight is 322 g/mol. The van der Waals surface area contributed by atoms with Crippen LogP contribution in [0.15, 0.2) is 54.9 Å². The van der Waals surface area contributed by atoms with E-state index in [1.54, 1.807) is 0 Å². The predicted molar refractivity (Wildman–Crippen MR) is 95.7 cm³/mol. The van der Waals surface area contributed by atoms with Crippen molar-refractivity contribution >= 4 is 10.9 Å². The number of rotatable bonds is 7. The predicted octanol–water partition coefficient (Wildman–Crippen LogP) is 4.60. The van der Waals surface area contributed by atoms with Crippen molar-refractivity contribution in [3.8, 4) is 11.6 Å². The lowest BCUT2D eigenvalue weighted by molar-refractivity contribution is 0.244.